The van der Waals surface area contributed by atoms with Gasteiger partial charge in [0, 0.05) is 19.0 Å². The molecule has 0 radical (unpaired) electrons. The number of nitrogens with one attached hydrogen (secondary N) is 1. The molecule has 4 nitrogen and oxygen atoms in total. The standard InChI is InChI=1S/C14H25N3OS.2ClH/c1-4-17(5-2)13(12-6-7-19-10-12)9-16-14(18)8-11(3)15;;/h6-7,10-11,13H,4-5,8-9,15H2,1-3H3,(H,16,18);2*1H. The van der Waals surface area contributed by atoms with E-state index in [9.17, 15) is 4.79 Å². The van der Waals surface area contributed by atoms with Crippen LogP contribution in [0.1, 0.15) is 38.8 Å². The van der Waals surface area contributed by atoms with E-state index in [4.69, 9.17) is 5.73 Å². The van der Waals surface area contributed by atoms with E-state index < -0.39 is 0 Å². The summed E-state index contributed by atoms with van der Waals surface area (Å²) in [7, 11) is 0. The number of rotatable bonds is 8. The molecule has 1 rings (SSSR count). The second kappa shape index (κ2) is 12.2. The lowest BCUT2D eigenvalue weighted by Crippen LogP contribution is -2.39. The van der Waals surface area contributed by atoms with Gasteiger partial charge in [-0.3, -0.25) is 9.69 Å². The van der Waals surface area contributed by atoms with Crippen LogP contribution < -0.4 is 11.1 Å². The molecule has 1 aromatic rings. The van der Waals surface area contributed by atoms with Crippen LogP contribution in [0, 0.1) is 0 Å². The van der Waals surface area contributed by atoms with Gasteiger partial charge in [0.25, 0.3) is 0 Å². The molecule has 0 aliphatic rings. The molecule has 3 N–H and O–H groups in total. The van der Waals surface area contributed by atoms with E-state index in [-0.39, 0.29) is 42.8 Å². The van der Waals surface area contributed by atoms with Gasteiger partial charge in [-0.25, -0.2) is 0 Å². The lowest BCUT2D eigenvalue weighted by molar-refractivity contribution is -0.121. The zero-order valence-electron chi connectivity index (χ0n) is 12.9. The first-order valence-corrected chi connectivity index (χ1v) is 7.81. The lowest BCUT2D eigenvalue weighted by Gasteiger charge is -2.29. The van der Waals surface area contributed by atoms with Crippen molar-refractivity contribution in [3.05, 3.63) is 22.4 Å². The van der Waals surface area contributed by atoms with Gasteiger partial charge in [-0.15, -0.1) is 24.8 Å². The van der Waals surface area contributed by atoms with E-state index in [1.54, 1.807) is 11.3 Å². The highest BCUT2D eigenvalue weighted by molar-refractivity contribution is 7.07. The molecule has 2 unspecified atom stereocenters. The summed E-state index contributed by atoms with van der Waals surface area (Å²) in [6, 6.07) is 2.29. The zero-order chi connectivity index (χ0) is 14.3. The Labute approximate surface area is 144 Å². The normalized spacial score (nSPS) is 13.0. The maximum Gasteiger partial charge on any atom is 0.221 e. The number of thiophene rings is 1. The second-order valence-electron chi connectivity index (χ2n) is 4.78. The van der Waals surface area contributed by atoms with Crippen molar-refractivity contribution in [2.75, 3.05) is 19.6 Å². The minimum Gasteiger partial charge on any atom is -0.354 e. The predicted molar refractivity (Wildman–Crippen MR) is 95.8 cm³/mol. The van der Waals surface area contributed by atoms with E-state index >= 15 is 0 Å². The SMILES string of the molecule is CCN(CC)C(CNC(=O)CC(C)N)c1ccsc1.Cl.Cl. The lowest BCUT2D eigenvalue weighted by atomic mass is 10.1. The number of hydrogen-bond donors (Lipinski definition) is 2. The van der Waals surface area contributed by atoms with Crippen molar-refractivity contribution in [2.45, 2.75) is 39.3 Å². The molecule has 0 aliphatic heterocycles. The molecule has 0 fully saturated rings. The Morgan fingerprint density at radius 2 is 2.00 bits per heavy atom. The highest BCUT2D eigenvalue weighted by Gasteiger charge is 2.19. The maximum absolute atomic E-state index is 11.7. The maximum atomic E-state index is 11.7. The number of carbonyl (C=O) groups excluding carboxylic acids is 1. The first-order valence-electron chi connectivity index (χ1n) is 6.86. The van der Waals surface area contributed by atoms with Crippen LogP contribution in [0.15, 0.2) is 16.8 Å². The molecule has 0 aromatic carbocycles. The third kappa shape index (κ3) is 8.02. The van der Waals surface area contributed by atoms with Gasteiger partial charge >= 0.3 is 0 Å². The Morgan fingerprint density at radius 3 is 2.43 bits per heavy atom. The number of likely N-dealkylation sites (N-methyl/N-ethyl adjacent to an activating group) is 1. The Hall–Kier alpha value is -0.330. The Morgan fingerprint density at radius 1 is 1.38 bits per heavy atom. The van der Waals surface area contributed by atoms with Crippen LogP contribution in [0.4, 0.5) is 0 Å². The van der Waals surface area contributed by atoms with Crippen molar-refractivity contribution < 1.29 is 4.79 Å². The molecule has 2 atom stereocenters. The highest BCUT2D eigenvalue weighted by atomic mass is 35.5. The molecule has 0 aliphatic carbocycles. The number of nitrogens with two attached hydrogens (primary N) is 1. The molecule has 0 bridgehead atoms. The van der Waals surface area contributed by atoms with Gasteiger partial charge in [-0.2, -0.15) is 11.3 Å². The molecule has 1 heterocycles. The van der Waals surface area contributed by atoms with Crippen LogP contribution in [-0.2, 0) is 4.79 Å². The summed E-state index contributed by atoms with van der Waals surface area (Å²) in [5.41, 5.74) is 6.91. The largest absolute Gasteiger partial charge is 0.354 e. The molecular weight excluding hydrogens is 329 g/mol. The first kappa shape index (κ1) is 22.9. The van der Waals surface area contributed by atoms with Crippen LogP contribution in [-0.4, -0.2) is 36.5 Å². The highest BCUT2D eigenvalue weighted by Crippen LogP contribution is 2.22. The number of amides is 1. The third-order valence-corrected chi connectivity index (χ3v) is 3.88. The smallest absolute Gasteiger partial charge is 0.221 e. The first-order chi connectivity index (χ1) is 9.08. The van der Waals surface area contributed by atoms with Crippen LogP contribution >= 0.6 is 36.2 Å². The number of halogens is 2. The van der Waals surface area contributed by atoms with Crippen molar-refractivity contribution >= 4 is 42.1 Å². The van der Waals surface area contributed by atoms with Gasteiger partial charge in [-0.05, 0) is 42.4 Å². The van der Waals surface area contributed by atoms with Crippen LogP contribution in [0.5, 0.6) is 0 Å². The van der Waals surface area contributed by atoms with Gasteiger partial charge in [0.1, 0.15) is 0 Å². The van der Waals surface area contributed by atoms with Crippen LogP contribution in [0.3, 0.4) is 0 Å². The number of carbonyl (C=O) groups is 1. The average Bonchev–Trinajstić information content (AvgIpc) is 2.87. The average molecular weight is 356 g/mol. The summed E-state index contributed by atoms with van der Waals surface area (Å²) in [5, 5.41) is 7.23. The zero-order valence-corrected chi connectivity index (χ0v) is 15.3. The molecule has 1 aromatic heterocycles. The van der Waals surface area contributed by atoms with Gasteiger partial charge in [-0.1, -0.05) is 13.8 Å². The molecule has 21 heavy (non-hydrogen) atoms. The van der Waals surface area contributed by atoms with E-state index in [2.05, 4.69) is 40.9 Å². The van der Waals surface area contributed by atoms with E-state index in [1.165, 1.54) is 5.56 Å². The van der Waals surface area contributed by atoms with Crippen molar-refractivity contribution in [3.8, 4) is 0 Å². The van der Waals surface area contributed by atoms with Gasteiger partial charge in [0.2, 0.25) is 5.91 Å². The molecular formula is C14H27Cl2N3OS. The Kier molecular flexibility index (Phi) is 13.4. The molecule has 124 valence electrons. The summed E-state index contributed by atoms with van der Waals surface area (Å²) >= 11 is 1.69. The van der Waals surface area contributed by atoms with Gasteiger partial charge in [0.05, 0.1) is 6.04 Å². The Balaban J connectivity index is 0. The Bertz CT molecular complexity index is 370. The summed E-state index contributed by atoms with van der Waals surface area (Å²) in [6.07, 6.45) is 0.384. The van der Waals surface area contributed by atoms with E-state index in [0.717, 1.165) is 13.1 Å². The van der Waals surface area contributed by atoms with Crippen molar-refractivity contribution in [1.82, 2.24) is 10.2 Å². The monoisotopic (exact) mass is 355 g/mol. The molecule has 1 amide bonds. The van der Waals surface area contributed by atoms with E-state index in [0.29, 0.717) is 13.0 Å². The summed E-state index contributed by atoms with van der Waals surface area (Å²) in [4.78, 5) is 14.1. The van der Waals surface area contributed by atoms with Crippen LogP contribution in [0.2, 0.25) is 0 Å². The van der Waals surface area contributed by atoms with Crippen LogP contribution in [0.25, 0.3) is 0 Å². The molecule has 0 saturated heterocycles. The topological polar surface area (TPSA) is 58.4 Å². The minimum absolute atomic E-state index is 0. The summed E-state index contributed by atoms with van der Waals surface area (Å²) in [6.45, 7) is 8.73. The number of hydrogen-bond acceptors (Lipinski definition) is 4. The van der Waals surface area contributed by atoms with Gasteiger partial charge in [0.15, 0.2) is 0 Å². The minimum atomic E-state index is -0.0898. The predicted octanol–water partition coefficient (Wildman–Crippen LogP) is 2.83. The third-order valence-electron chi connectivity index (χ3n) is 3.18. The summed E-state index contributed by atoms with van der Waals surface area (Å²) in [5.74, 6) is 0.0300. The van der Waals surface area contributed by atoms with Crippen molar-refractivity contribution in [1.29, 1.82) is 0 Å². The fraction of sp³-hybridized carbons (Fsp3) is 0.643. The van der Waals surface area contributed by atoms with Gasteiger partial charge < -0.3 is 11.1 Å². The number of nitrogens with zero attached hydrogens (tertiary/aromatic N) is 1. The quantitative estimate of drug-likeness (QED) is 0.753. The molecule has 7 heteroatoms. The fourth-order valence-corrected chi connectivity index (χ4v) is 2.87. The second-order valence-corrected chi connectivity index (χ2v) is 5.56. The van der Waals surface area contributed by atoms with E-state index in [1.807, 2.05) is 6.92 Å². The molecule has 0 spiro atoms. The fourth-order valence-electron chi connectivity index (χ4n) is 2.16. The van der Waals surface area contributed by atoms with Crippen molar-refractivity contribution in [2.24, 2.45) is 5.73 Å². The molecule has 0 saturated carbocycles. The summed E-state index contributed by atoms with van der Waals surface area (Å²) < 4.78 is 0. The van der Waals surface area contributed by atoms with Crippen molar-refractivity contribution in [3.63, 3.8) is 0 Å².